The molecule has 0 radical (unpaired) electrons. The van der Waals surface area contributed by atoms with Gasteiger partial charge in [0.05, 0.1) is 18.8 Å². The summed E-state index contributed by atoms with van der Waals surface area (Å²) in [6, 6.07) is 13.9. The fourth-order valence-electron chi connectivity index (χ4n) is 3.11. The number of hydrogen-bond donors (Lipinski definition) is 0. The molecule has 2 aromatic rings. The second-order valence-electron chi connectivity index (χ2n) is 7.95. The van der Waals surface area contributed by atoms with Crippen LogP contribution >= 0.6 is 0 Å². The normalized spacial score (nSPS) is 10.8. The average molecular weight is 453 g/mol. The number of benzene rings is 2. The van der Waals surface area contributed by atoms with E-state index in [1.165, 1.54) is 31.8 Å². The lowest BCUT2D eigenvalue weighted by Gasteiger charge is -2.06. The largest absolute Gasteiger partial charge is 0.494 e. The Kier molecular flexibility index (Phi) is 12.4. The molecule has 2 aromatic carbocycles. The lowest BCUT2D eigenvalue weighted by Crippen LogP contribution is -2.06. The Labute approximate surface area is 197 Å². The molecule has 0 N–H and O–H groups in total. The number of esters is 2. The van der Waals surface area contributed by atoms with Crippen molar-refractivity contribution >= 4 is 18.0 Å². The van der Waals surface area contributed by atoms with E-state index in [1.807, 2.05) is 0 Å². The van der Waals surface area contributed by atoms with E-state index in [2.05, 4.69) is 13.8 Å². The van der Waals surface area contributed by atoms with Crippen molar-refractivity contribution in [2.24, 2.45) is 0 Å². The van der Waals surface area contributed by atoms with Crippen LogP contribution in [0.3, 0.4) is 0 Å². The minimum Gasteiger partial charge on any atom is -0.494 e. The molecule has 5 nitrogen and oxygen atoms in total. The summed E-state index contributed by atoms with van der Waals surface area (Å²) in [5, 5.41) is 0. The van der Waals surface area contributed by atoms with E-state index in [4.69, 9.17) is 14.2 Å². The Bertz CT molecular complexity index is 853. The highest BCUT2D eigenvalue weighted by Crippen LogP contribution is 2.18. The van der Waals surface area contributed by atoms with Gasteiger partial charge in [-0.3, -0.25) is 0 Å². The summed E-state index contributed by atoms with van der Waals surface area (Å²) in [5.41, 5.74) is 1.29. The van der Waals surface area contributed by atoms with Gasteiger partial charge in [0.1, 0.15) is 11.5 Å². The van der Waals surface area contributed by atoms with Crippen LogP contribution in [0, 0.1) is 0 Å². The van der Waals surface area contributed by atoms with Crippen LogP contribution in [0.4, 0.5) is 0 Å². The molecule has 0 amide bonds. The summed E-state index contributed by atoms with van der Waals surface area (Å²) in [7, 11) is 0. The Morgan fingerprint density at radius 3 is 2.06 bits per heavy atom. The van der Waals surface area contributed by atoms with Gasteiger partial charge in [-0.1, -0.05) is 64.5 Å². The third kappa shape index (κ3) is 10.9. The molecule has 2 rings (SSSR count). The summed E-state index contributed by atoms with van der Waals surface area (Å²) in [6.45, 7) is 5.43. The van der Waals surface area contributed by atoms with Gasteiger partial charge in [-0.05, 0) is 60.9 Å². The SMILES string of the molecule is CCCCCCCCOC(=O)c1ccc(/C=C/C(=O)Oc2ccc(OCCCC)cc2)cc1. The Morgan fingerprint density at radius 1 is 0.727 bits per heavy atom. The molecule has 0 aromatic heterocycles. The second-order valence-corrected chi connectivity index (χ2v) is 7.95. The predicted octanol–water partition coefficient (Wildman–Crippen LogP) is 7.00. The number of carbonyl (C=O) groups is 2. The van der Waals surface area contributed by atoms with Crippen molar-refractivity contribution in [2.75, 3.05) is 13.2 Å². The van der Waals surface area contributed by atoms with Crippen LogP contribution in [0.5, 0.6) is 11.5 Å². The molecule has 33 heavy (non-hydrogen) atoms. The van der Waals surface area contributed by atoms with Gasteiger partial charge in [0, 0.05) is 6.08 Å². The summed E-state index contributed by atoms with van der Waals surface area (Å²) in [5.74, 6) is 0.415. The van der Waals surface area contributed by atoms with Crippen molar-refractivity contribution < 1.29 is 23.8 Å². The molecule has 178 valence electrons. The van der Waals surface area contributed by atoms with Crippen molar-refractivity contribution in [3.8, 4) is 11.5 Å². The van der Waals surface area contributed by atoms with E-state index < -0.39 is 5.97 Å². The molecule has 0 spiro atoms. The molecule has 5 heteroatoms. The zero-order valence-electron chi connectivity index (χ0n) is 19.9. The van der Waals surface area contributed by atoms with Gasteiger partial charge in [-0.15, -0.1) is 0 Å². The standard InChI is InChI=1S/C28H36O5/c1-3-5-7-8-9-10-22-32-28(30)24-14-11-23(12-15-24)13-20-27(29)33-26-18-16-25(17-19-26)31-21-6-4-2/h11-20H,3-10,21-22H2,1-2H3/b20-13+. The molecule has 0 unspecified atom stereocenters. The first-order chi connectivity index (χ1) is 16.1. The van der Waals surface area contributed by atoms with Crippen LogP contribution in [0.15, 0.2) is 54.6 Å². The van der Waals surface area contributed by atoms with Crippen molar-refractivity contribution in [1.82, 2.24) is 0 Å². The topological polar surface area (TPSA) is 61.8 Å². The fourth-order valence-corrected chi connectivity index (χ4v) is 3.11. The highest BCUT2D eigenvalue weighted by atomic mass is 16.5. The molecule has 0 aliphatic rings. The van der Waals surface area contributed by atoms with E-state index in [-0.39, 0.29) is 5.97 Å². The van der Waals surface area contributed by atoms with Crippen LogP contribution in [-0.2, 0) is 9.53 Å². The maximum atomic E-state index is 12.1. The van der Waals surface area contributed by atoms with Gasteiger partial charge >= 0.3 is 11.9 Å². The van der Waals surface area contributed by atoms with Crippen LogP contribution in [0.25, 0.3) is 6.08 Å². The lowest BCUT2D eigenvalue weighted by atomic mass is 10.1. The zero-order chi connectivity index (χ0) is 23.7. The Morgan fingerprint density at radius 2 is 1.36 bits per heavy atom. The first-order valence-corrected chi connectivity index (χ1v) is 12.0. The van der Waals surface area contributed by atoms with Gasteiger partial charge < -0.3 is 14.2 Å². The fraction of sp³-hybridized carbons (Fsp3) is 0.429. The molecule has 0 aliphatic carbocycles. The highest BCUT2D eigenvalue weighted by Gasteiger charge is 2.07. The maximum Gasteiger partial charge on any atom is 0.338 e. The molecule has 0 saturated heterocycles. The van der Waals surface area contributed by atoms with Gasteiger partial charge in [0.2, 0.25) is 0 Å². The highest BCUT2D eigenvalue weighted by molar-refractivity contribution is 5.91. The number of ether oxygens (including phenoxy) is 3. The lowest BCUT2D eigenvalue weighted by molar-refractivity contribution is -0.128. The minimum atomic E-state index is -0.475. The summed E-state index contributed by atoms with van der Waals surface area (Å²) in [4.78, 5) is 24.2. The van der Waals surface area contributed by atoms with Crippen LogP contribution in [0.2, 0.25) is 0 Å². The first kappa shape index (κ1) is 26.2. The van der Waals surface area contributed by atoms with E-state index >= 15 is 0 Å². The third-order valence-electron chi connectivity index (χ3n) is 5.10. The van der Waals surface area contributed by atoms with Crippen molar-refractivity contribution in [2.45, 2.75) is 65.2 Å². The smallest absolute Gasteiger partial charge is 0.338 e. The summed E-state index contributed by atoms with van der Waals surface area (Å²) >= 11 is 0. The zero-order valence-corrected chi connectivity index (χ0v) is 19.9. The molecule has 0 saturated carbocycles. The molecule has 0 aliphatic heterocycles. The molecule has 0 fully saturated rings. The monoisotopic (exact) mass is 452 g/mol. The van der Waals surface area contributed by atoms with Gasteiger partial charge in [-0.25, -0.2) is 9.59 Å². The van der Waals surface area contributed by atoms with E-state index in [1.54, 1.807) is 54.6 Å². The van der Waals surface area contributed by atoms with Crippen LogP contribution in [0.1, 0.15) is 81.1 Å². The Balaban J connectivity index is 1.73. The van der Waals surface area contributed by atoms with Crippen LogP contribution in [-0.4, -0.2) is 25.2 Å². The summed E-state index contributed by atoms with van der Waals surface area (Å²) in [6.07, 6.45) is 12.0. The van der Waals surface area contributed by atoms with Gasteiger partial charge in [0.15, 0.2) is 0 Å². The van der Waals surface area contributed by atoms with Crippen LogP contribution < -0.4 is 9.47 Å². The predicted molar refractivity (Wildman–Crippen MR) is 132 cm³/mol. The number of unbranched alkanes of at least 4 members (excludes halogenated alkanes) is 6. The quantitative estimate of drug-likeness (QED) is 0.126. The van der Waals surface area contributed by atoms with Gasteiger partial charge in [0.25, 0.3) is 0 Å². The van der Waals surface area contributed by atoms with E-state index in [0.29, 0.717) is 24.5 Å². The van der Waals surface area contributed by atoms with Crippen molar-refractivity contribution in [1.29, 1.82) is 0 Å². The first-order valence-electron chi connectivity index (χ1n) is 12.0. The molecular formula is C28H36O5. The molecule has 0 atom stereocenters. The molecule has 0 bridgehead atoms. The van der Waals surface area contributed by atoms with Crippen molar-refractivity contribution in [3.05, 3.63) is 65.7 Å². The molecular weight excluding hydrogens is 416 g/mol. The number of hydrogen-bond acceptors (Lipinski definition) is 5. The minimum absolute atomic E-state index is 0.319. The number of rotatable bonds is 15. The summed E-state index contributed by atoms with van der Waals surface area (Å²) < 4.78 is 16.2. The Hall–Kier alpha value is -3.08. The number of carbonyl (C=O) groups excluding carboxylic acids is 2. The van der Waals surface area contributed by atoms with E-state index in [0.717, 1.165) is 37.0 Å². The second kappa shape index (κ2) is 15.7. The molecule has 0 heterocycles. The van der Waals surface area contributed by atoms with Gasteiger partial charge in [-0.2, -0.15) is 0 Å². The van der Waals surface area contributed by atoms with Crippen molar-refractivity contribution in [3.63, 3.8) is 0 Å². The third-order valence-corrected chi connectivity index (χ3v) is 5.10. The average Bonchev–Trinajstić information content (AvgIpc) is 2.83. The van der Waals surface area contributed by atoms with E-state index in [9.17, 15) is 9.59 Å². The maximum absolute atomic E-state index is 12.1.